The maximum absolute atomic E-state index is 15.0. The average Bonchev–Trinajstić information content (AvgIpc) is 2.90. The van der Waals surface area contributed by atoms with Gasteiger partial charge in [0.25, 0.3) is 0 Å². The summed E-state index contributed by atoms with van der Waals surface area (Å²) in [6, 6.07) is 16.5. The van der Waals surface area contributed by atoms with Crippen LogP contribution < -0.4 is 0 Å². The lowest BCUT2D eigenvalue weighted by Gasteiger charge is -2.25. The van der Waals surface area contributed by atoms with E-state index in [9.17, 15) is 14.0 Å². The van der Waals surface area contributed by atoms with E-state index in [1.807, 2.05) is 0 Å². The Morgan fingerprint density at radius 3 is 2.11 bits per heavy atom. The van der Waals surface area contributed by atoms with Gasteiger partial charge in [-0.3, -0.25) is 0 Å². The smallest absolute Gasteiger partial charge is 0.338 e. The molecule has 0 aromatic heterocycles. The zero-order valence-corrected chi connectivity index (χ0v) is 15.3. The maximum Gasteiger partial charge on any atom is 0.338 e. The Balaban J connectivity index is 1.69. The second-order valence-corrected chi connectivity index (χ2v) is 6.69. The highest BCUT2D eigenvalue weighted by Crippen LogP contribution is 2.39. The van der Waals surface area contributed by atoms with E-state index in [4.69, 9.17) is 25.8 Å². The van der Waals surface area contributed by atoms with Crippen molar-refractivity contribution in [2.75, 3.05) is 6.61 Å². The Labute approximate surface area is 161 Å². The standard InChI is InChI=1S/C20H18ClFO5/c1-20(22)16(27-18(24)14-10-6-3-7-11-14)15(26-19(20)21)12-25-17(23)13-8-4-2-5-9-13/h2-11,15-16,19H,12H2,1H3/t15?,16-,19?,20-/m1/s1. The molecule has 1 aliphatic rings. The number of benzene rings is 2. The first-order valence-electron chi connectivity index (χ1n) is 8.36. The molecule has 2 unspecified atom stereocenters. The molecule has 4 atom stereocenters. The number of hydrogen-bond donors (Lipinski definition) is 0. The normalized spacial score (nSPS) is 27.1. The fourth-order valence-corrected chi connectivity index (χ4v) is 3.00. The third kappa shape index (κ3) is 4.28. The van der Waals surface area contributed by atoms with E-state index in [0.29, 0.717) is 5.56 Å². The van der Waals surface area contributed by atoms with Gasteiger partial charge in [-0.15, -0.1) is 0 Å². The third-order valence-corrected chi connectivity index (χ3v) is 4.79. The maximum atomic E-state index is 15.0. The lowest BCUT2D eigenvalue weighted by atomic mass is 10.0. The zero-order valence-electron chi connectivity index (χ0n) is 14.5. The Morgan fingerprint density at radius 2 is 1.56 bits per heavy atom. The number of ether oxygens (including phenoxy) is 3. The summed E-state index contributed by atoms with van der Waals surface area (Å²) in [7, 11) is 0. The van der Waals surface area contributed by atoms with E-state index < -0.39 is 35.4 Å². The zero-order chi connectivity index (χ0) is 19.4. The van der Waals surface area contributed by atoms with Crippen LogP contribution in [-0.2, 0) is 14.2 Å². The molecule has 1 saturated heterocycles. The van der Waals surface area contributed by atoms with E-state index in [1.54, 1.807) is 60.7 Å². The van der Waals surface area contributed by atoms with Crippen LogP contribution in [0.25, 0.3) is 0 Å². The van der Waals surface area contributed by atoms with Crippen LogP contribution in [0.5, 0.6) is 0 Å². The van der Waals surface area contributed by atoms with Crippen molar-refractivity contribution in [3.8, 4) is 0 Å². The molecule has 142 valence electrons. The van der Waals surface area contributed by atoms with E-state index >= 15 is 0 Å². The number of carbonyl (C=O) groups is 2. The van der Waals surface area contributed by atoms with Crippen LogP contribution in [0.3, 0.4) is 0 Å². The number of esters is 2. The fourth-order valence-electron chi connectivity index (χ4n) is 2.74. The SMILES string of the molecule is C[C@]1(F)C(Cl)OC(COC(=O)c2ccccc2)[C@H]1OC(=O)c1ccccc1. The average molecular weight is 393 g/mol. The minimum absolute atomic E-state index is 0.270. The molecular weight excluding hydrogens is 375 g/mol. The Bertz CT molecular complexity index is 797. The first-order chi connectivity index (χ1) is 12.9. The van der Waals surface area contributed by atoms with Crippen molar-refractivity contribution in [1.29, 1.82) is 0 Å². The second kappa shape index (κ2) is 8.06. The van der Waals surface area contributed by atoms with Gasteiger partial charge in [-0.1, -0.05) is 48.0 Å². The largest absolute Gasteiger partial charge is 0.459 e. The molecule has 0 radical (unpaired) electrons. The molecule has 0 saturated carbocycles. The lowest BCUT2D eigenvalue weighted by molar-refractivity contribution is -0.0423. The molecule has 2 aromatic carbocycles. The number of halogens is 2. The van der Waals surface area contributed by atoms with Crippen LogP contribution >= 0.6 is 11.6 Å². The van der Waals surface area contributed by atoms with E-state index in [2.05, 4.69) is 0 Å². The van der Waals surface area contributed by atoms with Crippen LogP contribution in [-0.4, -0.2) is 42.0 Å². The van der Waals surface area contributed by atoms with E-state index in [-0.39, 0.29) is 12.2 Å². The molecule has 27 heavy (non-hydrogen) atoms. The summed E-state index contributed by atoms with van der Waals surface area (Å²) in [6.07, 6.45) is -2.35. The van der Waals surface area contributed by atoms with Crippen molar-refractivity contribution in [2.45, 2.75) is 30.4 Å². The van der Waals surface area contributed by atoms with Crippen molar-refractivity contribution >= 4 is 23.5 Å². The molecule has 7 heteroatoms. The molecule has 0 spiro atoms. The van der Waals surface area contributed by atoms with Crippen LogP contribution in [0, 0.1) is 0 Å². The van der Waals surface area contributed by atoms with Gasteiger partial charge in [0.2, 0.25) is 0 Å². The molecule has 0 N–H and O–H groups in total. The van der Waals surface area contributed by atoms with Gasteiger partial charge in [0.15, 0.2) is 17.3 Å². The molecule has 3 rings (SSSR count). The molecule has 5 nitrogen and oxygen atoms in total. The van der Waals surface area contributed by atoms with Gasteiger partial charge in [0.1, 0.15) is 12.7 Å². The van der Waals surface area contributed by atoms with E-state index in [0.717, 1.165) is 0 Å². The molecule has 0 bridgehead atoms. The predicted octanol–water partition coefficient (Wildman–Crippen LogP) is 3.76. The summed E-state index contributed by atoms with van der Waals surface area (Å²) in [6.45, 7) is 0.885. The van der Waals surface area contributed by atoms with Crippen molar-refractivity contribution in [1.82, 2.24) is 0 Å². The van der Waals surface area contributed by atoms with Gasteiger partial charge in [-0.05, 0) is 31.2 Å². The number of alkyl halides is 2. The van der Waals surface area contributed by atoms with Crippen LogP contribution in [0.2, 0.25) is 0 Å². The van der Waals surface area contributed by atoms with Crippen LogP contribution in [0.15, 0.2) is 60.7 Å². The molecule has 1 aliphatic heterocycles. The molecular formula is C20H18ClFO5. The topological polar surface area (TPSA) is 61.8 Å². The first kappa shape index (κ1) is 19.3. The number of rotatable bonds is 5. The highest BCUT2D eigenvalue weighted by atomic mass is 35.5. The van der Waals surface area contributed by atoms with Gasteiger partial charge in [0, 0.05) is 0 Å². The molecule has 0 aliphatic carbocycles. The Hall–Kier alpha value is -2.44. The molecule has 1 heterocycles. The minimum atomic E-state index is -2.14. The molecule has 0 amide bonds. The van der Waals surface area contributed by atoms with Crippen molar-refractivity contribution in [3.63, 3.8) is 0 Å². The van der Waals surface area contributed by atoms with Gasteiger partial charge in [0.05, 0.1) is 11.1 Å². The highest BCUT2D eigenvalue weighted by molar-refractivity contribution is 6.20. The summed E-state index contributed by atoms with van der Waals surface area (Å²) < 4.78 is 30.8. The predicted molar refractivity (Wildman–Crippen MR) is 96.4 cm³/mol. The second-order valence-electron chi connectivity index (χ2n) is 6.30. The summed E-state index contributed by atoms with van der Waals surface area (Å²) in [5, 5.41) is 0. The van der Waals surface area contributed by atoms with Gasteiger partial charge < -0.3 is 14.2 Å². The summed E-state index contributed by atoms with van der Waals surface area (Å²) in [4.78, 5) is 24.4. The summed E-state index contributed by atoms with van der Waals surface area (Å²) in [5.74, 6) is -1.30. The fraction of sp³-hybridized carbons (Fsp3) is 0.300. The highest BCUT2D eigenvalue weighted by Gasteiger charge is 2.56. The Kier molecular flexibility index (Phi) is 5.77. The van der Waals surface area contributed by atoms with Gasteiger partial charge in [-0.2, -0.15) is 0 Å². The quantitative estimate of drug-likeness (QED) is 0.572. The van der Waals surface area contributed by atoms with Crippen molar-refractivity contribution < 1.29 is 28.2 Å². The monoisotopic (exact) mass is 392 g/mol. The van der Waals surface area contributed by atoms with Crippen molar-refractivity contribution in [2.24, 2.45) is 0 Å². The first-order valence-corrected chi connectivity index (χ1v) is 8.80. The van der Waals surface area contributed by atoms with Crippen LogP contribution in [0.1, 0.15) is 27.6 Å². The van der Waals surface area contributed by atoms with Gasteiger partial charge in [-0.25, -0.2) is 14.0 Å². The number of hydrogen-bond acceptors (Lipinski definition) is 5. The van der Waals surface area contributed by atoms with E-state index in [1.165, 1.54) is 6.92 Å². The Morgan fingerprint density at radius 1 is 1.04 bits per heavy atom. The lowest BCUT2D eigenvalue weighted by Crippen LogP contribution is -2.44. The minimum Gasteiger partial charge on any atom is -0.459 e. The van der Waals surface area contributed by atoms with Gasteiger partial charge >= 0.3 is 11.9 Å². The molecule has 2 aromatic rings. The van der Waals surface area contributed by atoms with Crippen molar-refractivity contribution in [3.05, 3.63) is 71.8 Å². The summed E-state index contributed by atoms with van der Waals surface area (Å²) in [5.41, 5.74) is -2.87. The van der Waals surface area contributed by atoms with Crippen LogP contribution in [0.4, 0.5) is 4.39 Å². The summed E-state index contributed by atoms with van der Waals surface area (Å²) >= 11 is 5.93. The number of carbonyl (C=O) groups excluding carboxylic acids is 2. The molecule has 1 fully saturated rings. The third-order valence-electron chi connectivity index (χ3n) is 4.26.